The van der Waals surface area contributed by atoms with Crippen LogP contribution in [0.15, 0.2) is 36.4 Å². The molecule has 0 aliphatic carbocycles. The predicted molar refractivity (Wildman–Crippen MR) is 97.6 cm³/mol. The van der Waals surface area contributed by atoms with E-state index in [4.69, 9.17) is 23.2 Å². The Hall–Kier alpha value is -2.18. The van der Waals surface area contributed by atoms with Crippen molar-refractivity contribution in [1.82, 2.24) is 4.90 Å². The summed E-state index contributed by atoms with van der Waals surface area (Å²) < 4.78 is 26.7. The van der Waals surface area contributed by atoms with E-state index in [1.54, 1.807) is 6.07 Å². The Bertz CT molecular complexity index is 811. The van der Waals surface area contributed by atoms with Crippen LogP contribution in [0.2, 0.25) is 10.0 Å². The molecule has 0 unspecified atom stereocenters. The third-order valence-electron chi connectivity index (χ3n) is 3.43. The van der Waals surface area contributed by atoms with Gasteiger partial charge < -0.3 is 10.2 Å². The number of benzene rings is 2. The number of hydrogen-bond acceptors (Lipinski definition) is 2. The monoisotopic (exact) mass is 400 g/mol. The van der Waals surface area contributed by atoms with Crippen LogP contribution in [0.3, 0.4) is 0 Å². The molecule has 2 rings (SSSR count). The molecule has 8 heteroatoms. The molecular weight excluding hydrogens is 385 g/mol. The Morgan fingerprint density at radius 1 is 1.08 bits per heavy atom. The van der Waals surface area contributed by atoms with Crippen molar-refractivity contribution in [1.29, 1.82) is 0 Å². The molecule has 0 aliphatic rings. The quantitative estimate of drug-likeness (QED) is 0.759. The summed E-state index contributed by atoms with van der Waals surface area (Å²) in [6, 6.07) is 7.12. The Labute approximate surface area is 159 Å². The van der Waals surface area contributed by atoms with Crippen LogP contribution in [0.25, 0.3) is 0 Å². The number of hydrogen-bond donors (Lipinski definition) is 1. The number of halogens is 4. The van der Waals surface area contributed by atoms with Crippen molar-refractivity contribution in [2.45, 2.75) is 13.3 Å². The molecule has 0 saturated carbocycles. The molecule has 0 aromatic heterocycles. The van der Waals surface area contributed by atoms with Crippen LogP contribution in [0, 0.1) is 11.6 Å². The average Bonchev–Trinajstić information content (AvgIpc) is 2.55. The molecule has 0 aliphatic heterocycles. The van der Waals surface area contributed by atoms with Gasteiger partial charge in [0.1, 0.15) is 18.2 Å². The summed E-state index contributed by atoms with van der Waals surface area (Å²) >= 11 is 11.8. The van der Waals surface area contributed by atoms with E-state index in [9.17, 15) is 18.4 Å². The van der Waals surface area contributed by atoms with E-state index in [2.05, 4.69) is 5.32 Å². The van der Waals surface area contributed by atoms with E-state index in [0.29, 0.717) is 23.2 Å². The van der Waals surface area contributed by atoms with Gasteiger partial charge in [-0.05, 0) is 36.8 Å². The van der Waals surface area contributed by atoms with Crippen molar-refractivity contribution in [3.8, 4) is 0 Å². The van der Waals surface area contributed by atoms with Crippen LogP contribution in [0.4, 0.5) is 14.5 Å². The maximum atomic E-state index is 13.3. The van der Waals surface area contributed by atoms with Gasteiger partial charge in [0.2, 0.25) is 5.91 Å². The van der Waals surface area contributed by atoms with Crippen LogP contribution in [0.1, 0.15) is 23.7 Å². The van der Waals surface area contributed by atoms with Gasteiger partial charge in [0.25, 0.3) is 5.91 Å². The fourth-order valence-corrected chi connectivity index (χ4v) is 2.79. The zero-order valence-corrected chi connectivity index (χ0v) is 15.4. The second-order valence-corrected chi connectivity index (χ2v) is 6.40. The molecule has 138 valence electrons. The Kier molecular flexibility index (Phi) is 6.94. The van der Waals surface area contributed by atoms with Gasteiger partial charge in [-0.15, -0.1) is 0 Å². The Balaban J connectivity index is 2.13. The lowest BCUT2D eigenvalue weighted by Crippen LogP contribution is -2.38. The summed E-state index contributed by atoms with van der Waals surface area (Å²) in [7, 11) is 0. The molecule has 0 bridgehead atoms. The summed E-state index contributed by atoms with van der Waals surface area (Å²) in [5, 5.41) is 3.26. The zero-order chi connectivity index (χ0) is 19.3. The van der Waals surface area contributed by atoms with E-state index in [0.717, 1.165) is 12.1 Å². The van der Waals surface area contributed by atoms with Crippen molar-refractivity contribution in [3.63, 3.8) is 0 Å². The SMILES string of the molecule is CCCN(CC(=O)Nc1ccc(Cl)cc1Cl)C(=O)c1cc(F)cc(F)c1. The first kappa shape index (κ1) is 20.1. The normalized spacial score (nSPS) is 10.5. The van der Waals surface area contributed by atoms with E-state index in [-0.39, 0.29) is 23.7 Å². The molecule has 0 saturated heterocycles. The standard InChI is InChI=1S/C18H16Cl2F2N2O2/c1-2-5-24(18(26)11-6-13(21)9-14(22)7-11)10-17(25)23-16-4-3-12(19)8-15(16)20/h3-4,6-9H,2,5,10H2,1H3,(H,23,25). The van der Waals surface area contributed by atoms with Gasteiger partial charge in [-0.1, -0.05) is 30.1 Å². The zero-order valence-electron chi connectivity index (χ0n) is 13.9. The molecule has 2 amide bonds. The highest BCUT2D eigenvalue weighted by molar-refractivity contribution is 6.36. The number of carbonyl (C=O) groups is 2. The maximum Gasteiger partial charge on any atom is 0.254 e. The molecule has 0 fully saturated rings. The van der Waals surface area contributed by atoms with Crippen LogP contribution in [0.5, 0.6) is 0 Å². The van der Waals surface area contributed by atoms with Gasteiger partial charge in [0.15, 0.2) is 0 Å². The van der Waals surface area contributed by atoms with Crippen molar-refractivity contribution in [3.05, 3.63) is 63.6 Å². The van der Waals surface area contributed by atoms with Crippen LogP contribution < -0.4 is 5.32 Å². The summed E-state index contributed by atoms with van der Waals surface area (Å²) in [5.41, 5.74) is 0.190. The minimum absolute atomic E-state index is 0.159. The number of anilines is 1. The number of amides is 2. The summed E-state index contributed by atoms with van der Waals surface area (Å²) in [4.78, 5) is 26.0. The van der Waals surface area contributed by atoms with E-state index in [1.165, 1.54) is 17.0 Å². The average molecular weight is 401 g/mol. The fourth-order valence-electron chi connectivity index (χ4n) is 2.34. The molecular formula is C18H16Cl2F2N2O2. The highest BCUT2D eigenvalue weighted by Gasteiger charge is 2.20. The van der Waals surface area contributed by atoms with Gasteiger partial charge in [-0.2, -0.15) is 0 Å². The Morgan fingerprint density at radius 3 is 2.31 bits per heavy atom. The molecule has 0 radical (unpaired) electrons. The van der Waals surface area contributed by atoms with Gasteiger partial charge in [-0.25, -0.2) is 8.78 Å². The summed E-state index contributed by atoms with van der Waals surface area (Å²) in [6.07, 6.45) is 0.568. The minimum Gasteiger partial charge on any atom is -0.329 e. The fraction of sp³-hybridized carbons (Fsp3) is 0.222. The van der Waals surface area contributed by atoms with E-state index in [1.807, 2.05) is 6.92 Å². The minimum atomic E-state index is -0.859. The molecule has 0 atom stereocenters. The predicted octanol–water partition coefficient (Wildman–Crippen LogP) is 4.76. The van der Waals surface area contributed by atoms with E-state index < -0.39 is 23.4 Å². The summed E-state index contributed by atoms with van der Waals surface area (Å²) in [6.45, 7) is 1.78. The highest BCUT2D eigenvalue weighted by atomic mass is 35.5. The third-order valence-corrected chi connectivity index (χ3v) is 3.98. The lowest BCUT2D eigenvalue weighted by molar-refractivity contribution is -0.116. The second kappa shape index (κ2) is 8.96. The topological polar surface area (TPSA) is 49.4 Å². The van der Waals surface area contributed by atoms with E-state index >= 15 is 0 Å². The molecule has 0 heterocycles. The maximum absolute atomic E-state index is 13.3. The molecule has 4 nitrogen and oxygen atoms in total. The van der Waals surface area contributed by atoms with Crippen molar-refractivity contribution < 1.29 is 18.4 Å². The molecule has 26 heavy (non-hydrogen) atoms. The highest BCUT2D eigenvalue weighted by Crippen LogP contribution is 2.25. The first-order chi connectivity index (χ1) is 12.3. The Morgan fingerprint density at radius 2 is 1.73 bits per heavy atom. The first-order valence-electron chi connectivity index (χ1n) is 7.80. The molecule has 0 spiro atoms. The van der Waals surface area contributed by atoms with Gasteiger partial charge in [0.05, 0.1) is 10.7 Å². The smallest absolute Gasteiger partial charge is 0.254 e. The van der Waals surface area contributed by atoms with Gasteiger partial charge in [-0.3, -0.25) is 9.59 Å². The summed E-state index contributed by atoms with van der Waals surface area (Å²) in [5.74, 6) is -2.85. The lowest BCUT2D eigenvalue weighted by atomic mass is 10.1. The van der Waals surface area contributed by atoms with Crippen molar-refractivity contribution in [2.75, 3.05) is 18.4 Å². The molecule has 1 N–H and O–H groups in total. The number of carbonyl (C=O) groups excluding carboxylic acids is 2. The van der Waals surface area contributed by atoms with Gasteiger partial charge >= 0.3 is 0 Å². The first-order valence-corrected chi connectivity index (χ1v) is 8.56. The van der Waals surface area contributed by atoms with Crippen LogP contribution in [-0.4, -0.2) is 29.8 Å². The second-order valence-electron chi connectivity index (χ2n) is 5.56. The van der Waals surface area contributed by atoms with Gasteiger partial charge in [0, 0.05) is 23.2 Å². The molecule has 2 aromatic carbocycles. The number of rotatable bonds is 6. The number of nitrogens with zero attached hydrogens (tertiary/aromatic N) is 1. The van der Waals surface area contributed by atoms with Crippen molar-refractivity contribution >= 4 is 40.7 Å². The van der Waals surface area contributed by atoms with Crippen LogP contribution >= 0.6 is 23.2 Å². The number of nitrogens with one attached hydrogen (secondary N) is 1. The van der Waals surface area contributed by atoms with Crippen LogP contribution in [-0.2, 0) is 4.79 Å². The largest absolute Gasteiger partial charge is 0.329 e. The third kappa shape index (κ3) is 5.41. The lowest BCUT2D eigenvalue weighted by Gasteiger charge is -2.22. The molecule has 2 aromatic rings. The van der Waals surface area contributed by atoms with Crippen molar-refractivity contribution in [2.24, 2.45) is 0 Å².